The summed E-state index contributed by atoms with van der Waals surface area (Å²) in [5.41, 5.74) is 1.80. The number of fused-ring (bicyclic) bond motifs is 1. The van der Waals surface area contributed by atoms with Gasteiger partial charge in [-0.3, -0.25) is 9.59 Å². The first kappa shape index (κ1) is 17.1. The lowest BCUT2D eigenvalue weighted by Gasteiger charge is -2.07. The molecule has 0 saturated heterocycles. The third-order valence-electron chi connectivity index (χ3n) is 3.54. The highest BCUT2D eigenvalue weighted by molar-refractivity contribution is 5.93. The molecule has 3 aromatic rings. The van der Waals surface area contributed by atoms with Crippen molar-refractivity contribution in [2.24, 2.45) is 0 Å². The number of aromatic nitrogens is 2. The molecule has 0 aliphatic carbocycles. The summed E-state index contributed by atoms with van der Waals surface area (Å²) in [5.74, 6) is -1.15. The number of imidazole rings is 1. The van der Waals surface area contributed by atoms with Crippen molar-refractivity contribution >= 4 is 34.3 Å². The smallest absolute Gasteiger partial charge is 0.326 e. The van der Waals surface area contributed by atoms with E-state index in [1.54, 1.807) is 4.57 Å². The third kappa shape index (κ3) is 4.01. The fraction of sp³-hybridized carbons (Fsp3) is 0.118. The number of ether oxygens (including phenoxy) is 1. The minimum absolute atomic E-state index is 0.0354. The Morgan fingerprint density at radius 2 is 2.00 bits per heavy atom. The molecule has 0 aliphatic heterocycles. The number of rotatable bonds is 6. The molecule has 0 fully saturated rings. The Bertz CT molecular complexity index is 982. The Morgan fingerprint density at radius 1 is 1.19 bits per heavy atom. The van der Waals surface area contributed by atoms with Crippen LogP contribution in [0.3, 0.4) is 0 Å². The minimum Gasteiger partial charge on any atom is -0.454 e. The summed E-state index contributed by atoms with van der Waals surface area (Å²) in [7, 11) is 0. The van der Waals surface area contributed by atoms with Gasteiger partial charge >= 0.3 is 11.7 Å². The molecule has 2 N–H and O–H groups in total. The van der Waals surface area contributed by atoms with E-state index >= 15 is 0 Å². The van der Waals surface area contributed by atoms with Crippen molar-refractivity contribution in [1.29, 1.82) is 0 Å². The molecule has 1 heterocycles. The van der Waals surface area contributed by atoms with Gasteiger partial charge in [0.15, 0.2) is 6.61 Å². The molecule has 26 heavy (non-hydrogen) atoms. The molecule has 0 unspecified atom stereocenters. The highest BCUT2D eigenvalue weighted by atomic mass is 16.6. The lowest BCUT2D eigenvalue weighted by molar-refractivity contribution is -0.729. The van der Waals surface area contributed by atoms with Gasteiger partial charge in [0, 0.05) is 17.8 Å². The summed E-state index contributed by atoms with van der Waals surface area (Å²) in [4.78, 5) is 38.5. The van der Waals surface area contributed by atoms with Crippen LogP contribution in [0.1, 0.15) is 0 Å². The lowest BCUT2D eigenvalue weighted by Crippen LogP contribution is -2.22. The normalized spacial score (nSPS) is 10.5. The number of hydrogen-bond donors (Lipinski definition) is 2. The van der Waals surface area contributed by atoms with E-state index in [0.29, 0.717) is 5.69 Å². The molecule has 3 rings (SSSR count). The van der Waals surface area contributed by atoms with Gasteiger partial charge < -0.3 is 14.6 Å². The highest BCUT2D eigenvalue weighted by Crippen LogP contribution is 2.16. The third-order valence-corrected chi connectivity index (χ3v) is 3.54. The number of anilines is 1. The first-order valence-corrected chi connectivity index (χ1v) is 7.64. The summed E-state index contributed by atoms with van der Waals surface area (Å²) in [6, 6.07) is 13.0. The molecule has 9 heteroatoms. The molecule has 0 radical (unpaired) electrons. The van der Waals surface area contributed by atoms with E-state index in [1.165, 1.54) is 30.6 Å². The van der Waals surface area contributed by atoms with Gasteiger partial charge in [0.25, 0.3) is 10.8 Å². The monoisotopic (exact) mass is 355 g/mol. The Hall–Kier alpha value is -3.75. The summed E-state index contributed by atoms with van der Waals surface area (Å²) in [6.45, 7) is -0.547. The van der Waals surface area contributed by atoms with E-state index < -0.39 is 18.5 Å². The molecule has 0 bridgehead atoms. The van der Waals surface area contributed by atoms with Gasteiger partial charge in [-0.25, -0.2) is 10.2 Å². The SMILES string of the molecule is O=C(COC(=O)Cn1cnc2ccccc21)Nc1cccc([N+](=O)O)c1. The van der Waals surface area contributed by atoms with E-state index in [-0.39, 0.29) is 17.2 Å². The second-order valence-corrected chi connectivity index (χ2v) is 5.39. The Labute approximate surface area is 147 Å². The lowest BCUT2D eigenvalue weighted by atomic mass is 10.3. The number of hydrogen-bond acceptors (Lipinski definition) is 5. The molecule has 0 saturated carbocycles. The summed E-state index contributed by atoms with van der Waals surface area (Å²) in [5, 5.41) is 11.3. The maximum Gasteiger partial charge on any atom is 0.326 e. The van der Waals surface area contributed by atoms with Crippen LogP contribution in [0.15, 0.2) is 54.9 Å². The number of carbonyl (C=O) groups excluding carboxylic acids is 2. The van der Waals surface area contributed by atoms with Crippen LogP contribution in [0.5, 0.6) is 0 Å². The van der Waals surface area contributed by atoms with Crippen molar-refractivity contribution in [1.82, 2.24) is 9.55 Å². The number of para-hydroxylation sites is 2. The topological polar surface area (TPSA) is 114 Å². The van der Waals surface area contributed by atoms with Gasteiger partial charge in [0.1, 0.15) is 6.54 Å². The molecule has 132 valence electrons. The average Bonchev–Trinajstić information content (AvgIpc) is 3.03. The Morgan fingerprint density at radius 3 is 2.81 bits per heavy atom. The second-order valence-electron chi connectivity index (χ2n) is 5.39. The standard InChI is InChI=1S/C17H14N4O5/c22-16(19-12-4-3-5-13(8-12)21(24)25)10-26-17(23)9-20-11-18-14-6-1-2-7-15(14)20/h1-8,11H,9-10H2,(H-,19,22,24,25)/p+1. The van der Waals surface area contributed by atoms with Crippen molar-refractivity contribution in [3.05, 3.63) is 59.8 Å². The predicted molar refractivity (Wildman–Crippen MR) is 90.8 cm³/mol. The zero-order chi connectivity index (χ0) is 18.5. The van der Waals surface area contributed by atoms with Crippen LogP contribution >= 0.6 is 0 Å². The van der Waals surface area contributed by atoms with Crippen molar-refractivity contribution in [2.75, 3.05) is 11.9 Å². The molecular formula is C17H15N4O5+. The van der Waals surface area contributed by atoms with Gasteiger partial charge in [-0.2, -0.15) is 0 Å². The number of nitrogens with one attached hydrogen (secondary N) is 1. The zero-order valence-corrected chi connectivity index (χ0v) is 13.5. The fourth-order valence-corrected chi connectivity index (χ4v) is 2.37. The molecule has 2 aromatic carbocycles. The molecule has 0 atom stereocenters. The van der Waals surface area contributed by atoms with Crippen molar-refractivity contribution in [3.63, 3.8) is 0 Å². The van der Waals surface area contributed by atoms with Crippen LogP contribution < -0.4 is 5.32 Å². The van der Waals surface area contributed by atoms with Gasteiger partial charge in [0.05, 0.1) is 22.3 Å². The van der Waals surface area contributed by atoms with Crippen LogP contribution in [0.25, 0.3) is 11.0 Å². The van der Waals surface area contributed by atoms with Crippen LogP contribution in [-0.4, -0.2) is 38.2 Å². The molecular weight excluding hydrogens is 340 g/mol. The molecule has 0 spiro atoms. The zero-order valence-electron chi connectivity index (χ0n) is 13.5. The Kier molecular flexibility index (Phi) is 4.88. The molecule has 1 aromatic heterocycles. The quantitative estimate of drug-likeness (QED) is 0.516. The summed E-state index contributed by atoms with van der Waals surface area (Å²) in [6.07, 6.45) is 1.53. The number of nitrogens with zero attached hydrogens (tertiary/aromatic N) is 3. The summed E-state index contributed by atoms with van der Waals surface area (Å²) < 4.78 is 6.58. The van der Waals surface area contributed by atoms with E-state index in [9.17, 15) is 14.5 Å². The van der Waals surface area contributed by atoms with Crippen molar-refractivity contribution in [2.45, 2.75) is 6.54 Å². The van der Waals surface area contributed by atoms with Crippen molar-refractivity contribution in [3.8, 4) is 0 Å². The van der Waals surface area contributed by atoms with E-state index in [4.69, 9.17) is 9.94 Å². The van der Waals surface area contributed by atoms with Gasteiger partial charge in [-0.15, -0.1) is 0 Å². The van der Waals surface area contributed by atoms with E-state index in [0.717, 1.165) is 11.0 Å². The van der Waals surface area contributed by atoms with E-state index in [2.05, 4.69) is 10.3 Å². The first-order chi connectivity index (χ1) is 12.5. The maximum atomic E-state index is 11.9. The van der Waals surface area contributed by atoms with E-state index in [1.807, 2.05) is 24.3 Å². The van der Waals surface area contributed by atoms with Crippen LogP contribution in [0.4, 0.5) is 11.4 Å². The molecule has 0 aliphatic rings. The van der Waals surface area contributed by atoms with Crippen LogP contribution in [-0.2, 0) is 20.9 Å². The second kappa shape index (κ2) is 7.43. The number of amides is 1. The minimum atomic E-state index is -0.585. The summed E-state index contributed by atoms with van der Waals surface area (Å²) >= 11 is 0. The van der Waals surface area contributed by atoms with Gasteiger partial charge in [0.2, 0.25) is 0 Å². The predicted octanol–water partition coefficient (Wildman–Crippen LogP) is 2.02. The fourth-order valence-electron chi connectivity index (χ4n) is 2.37. The first-order valence-electron chi connectivity index (χ1n) is 7.64. The number of esters is 1. The number of carbonyl (C=O) groups is 2. The highest BCUT2D eigenvalue weighted by Gasteiger charge is 2.14. The van der Waals surface area contributed by atoms with Gasteiger partial charge in [-0.1, -0.05) is 18.2 Å². The van der Waals surface area contributed by atoms with Crippen LogP contribution in [0, 0.1) is 4.91 Å². The largest absolute Gasteiger partial charge is 0.454 e. The molecule has 1 amide bonds. The van der Waals surface area contributed by atoms with Crippen LogP contribution in [0.2, 0.25) is 0 Å². The van der Waals surface area contributed by atoms with Crippen molar-refractivity contribution < 1.29 is 24.5 Å². The molecule has 9 nitrogen and oxygen atoms in total. The number of benzene rings is 2. The average molecular weight is 355 g/mol. The van der Waals surface area contributed by atoms with Gasteiger partial charge in [-0.05, 0) is 18.2 Å². The maximum absolute atomic E-state index is 11.9. The Balaban J connectivity index is 1.53.